The minimum Gasteiger partial charge on any atom is -0.238 e. The molecule has 78 valence electrons. The lowest BCUT2D eigenvalue weighted by atomic mass is 10.4. The molecule has 2 rings (SSSR count). The number of hydrogen-bond acceptors (Lipinski definition) is 3. The topological polar surface area (TPSA) is 43.6 Å². The monoisotopic (exact) mass is 206 g/mol. The predicted octanol–water partition coefficient (Wildman–Crippen LogP) is 1.73. The maximum absolute atomic E-state index is 13.7. The minimum atomic E-state index is -0.427. The van der Waals surface area contributed by atoms with E-state index in [9.17, 15) is 4.39 Å². The Morgan fingerprint density at radius 3 is 2.53 bits per heavy atom. The van der Waals surface area contributed by atoms with Gasteiger partial charge >= 0.3 is 0 Å². The zero-order valence-electron chi connectivity index (χ0n) is 8.82. The molecule has 0 radical (unpaired) electrons. The van der Waals surface area contributed by atoms with Crippen molar-refractivity contribution < 1.29 is 4.39 Å². The lowest BCUT2D eigenvalue weighted by Crippen LogP contribution is -2.07. The smallest absolute Gasteiger partial charge is 0.193 e. The Labute approximate surface area is 86.8 Å². The number of hydrogen-bond donors (Lipinski definition) is 0. The Morgan fingerprint density at radius 2 is 1.93 bits per heavy atom. The van der Waals surface area contributed by atoms with Crippen molar-refractivity contribution in [3.05, 3.63) is 35.3 Å². The summed E-state index contributed by atoms with van der Waals surface area (Å²) in [5, 5.41) is 4.17. The summed E-state index contributed by atoms with van der Waals surface area (Å²) < 4.78 is 15.2. The summed E-state index contributed by atoms with van der Waals surface area (Å²) >= 11 is 0. The van der Waals surface area contributed by atoms with Crippen molar-refractivity contribution >= 4 is 0 Å². The van der Waals surface area contributed by atoms with Gasteiger partial charge in [-0.1, -0.05) is 0 Å². The van der Waals surface area contributed by atoms with Gasteiger partial charge < -0.3 is 0 Å². The third kappa shape index (κ3) is 1.60. The van der Waals surface area contributed by atoms with Gasteiger partial charge in [-0.3, -0.25) is 0 Å². The Hall–Kier alpha value is -1.78. The van der Waals surface area contributed by atoms with E-state index in [-0.39, 0.29) is 5.82 Å². The molecule has 2 heterocycles. The maximum Gasteiger partial charge on any atom is 0.193 e. The lowest BCUT2D eigenvalue weighted by molar-refractivity contribution is 0.578. The molecule has 0 fully saturated rings. The van der Waals surface area contributed by atoms with E-state index in [1.165, 1.54) is 11.0 Å². The fourth-order valence-electron chi connectivity index (χ4n) is 1.44. The zero-order chi connectivity index (χ0) is 11.0. The van der Waals surface area contributed by atoms with E-state index < -0.39 is 5.82 Å². The summed E-state index contributed by atoms with van der Waals surface area (Å²) in [7, 11) is 0. The largest absolute Gasteiger partial charge is 0.238 e. The van der Waals surface area contributed by atoms with Crippen LogP contribution in [0.2, 0.25) is 0 Å². The second kappa shape index (κ2) is 3.42. The summed E-state index contributed by atoms with van der Waals surface area (Å²) in [6.45, 7) is 5.32. The third-order valence-corrected chi connectivity index (χ3v) is 2.16. The van der Waals surface area contributed by atoms with Gasteiger partial charge in [-0.25, -0.2) is 19.0 Å². The molecule has 0 aromatic carbocycles. The summed E-state index contributed by atoms with van der Waals surface area (Å²) in [5.74, 6) is -0.225. The molecular weight excluding hydrogens is 195 g/mol. The molecule has 15 heavy (non-hydrogen) atoms. The summed E-state index contributed by atoms with van der Waals surface area (Å²) in [5.41, 5.74) is 2.01. The van der Waals surface area contributed by atoms with Gasteiger partial charge in [0.05, 0.1) is 11.4 Å². The van der Waals surface area contributed by atoms with Crippen LogP contribution in [0.3, 0.4) is 0 Å². The van der Waals surface area contributed by atoms with Gasteiger partial charge in [-0.05, 0) is 26.8 Å². The highest BCUT2D eigenvalue weighted by atomic mass is 19.1. The van der Waals surface area contributed by atoms with Crippen LogP contribution in [0.25, 0.3) is 5.82 Å². The maximum atomic E-state index is 13.7. The summed E-state index contributed by atoms with van der Waals surface area (Å²) in [6, 6.07) is 1.87. The first-order chi connectivity index (χ1) is 7.09. The van der Waals surface area contributed by atoms with Crippen LogP contribution >= 0.6 is 0 Å². The van der Waals surface area contributed by atoms with Crippen molar-refractivity contribution in [2.75, 3.05) is 0 Å². The molecule has 0 N–H and O–H groups in total. The number of nitrogens with zero attached hydrogens (tertiary/aromatic N) is 4. The van der Waals surface area contributed by atoms with Crippen molar-refractivity contribution in [1.82, 2.24) is 19.7 Å². The normalized spacial score (nSPS) is 10.7. The molecular formula is C10H11FN4. The highest BCUT2D eigenvalue weighted by Crippen LogP contribution is 2.14. The van der Waals surface area contributed by atoms with Crippen LogP contribution in [-0.4, -0.2) is 19.7 Å². The quantitative estimate of drug-likeness (QED) is 0.713. The van der Waals surface area contributed by atoms with Gasteiger partial charge in [-0.15, -0.1) is 0 Å². The van der Waals surface area contributed by atoms with Crippen molar-refractivity contribution in [3.63, 3.8) is 0 Å². The van der Waals surface area contributed by atoms with E-state index in [2.05, 4.69) is 15.1 Å². The SMILES string of the molecule is Cc1cc(C)n(-c2ncnc(C)c2F)n1. The molecule has 0 saturated heterocycles. The van der Waals surface area contributed by atoms with E-state index in [0.717, 1.165) is 11.4 Å². The number of halogens is 1. The molecule has 0 aliphatic heterocycles. The van der Waals surface area contributed by atoms with Gasteiger partial charge in [0.2, 0.25) is 0 Å². The van der Waals surface area contributed by atoms with Gasteiger partial charge in [0.25, 0.3) is 0 Å². The Morgan fingerprint density at radius 1 is 1.20 bits per heavy atom. The molecule has 0 aliphatic carbocycles. The first kappa shape index (κ1) is 9.76. The molecule has 2 aromatic heterocycles. The summed E-state index contributed by atoms with van der Waals surface area (Å²) in [6.07, 6.45) is 1.34. The molecule has 0 unspecified atom stereocenters. The minimum absolute atomic E-state index is 0.202. The zero-order valence-corrected chi connectivity index (χ0v) is 8.82. The van der Waals surface area contributed by atoms with Crippen LogP contribution in [0.4, 0.5) is 4.39 Å². The molecule has 0 aliphatic rings. The lowest BCUT2D eigenvalue weighted by Gasteiger charge is -2.05. The van der Waals surface area contributed by atoms with E-state index in [4.69, 9.17) is 0 Å². The molecule has 0 amide bonds. The highest BCUT2D eigenvalue weighted by molar-refractivity contribution is 5.28. The van der Waals surface area contributed by atoms with Crippen molar-refractivity contribution in [1.29, 1.82) is 0 Å². The van der Waals surface area contributed by atoms with Crippen LogP contribution in [0.5, 0.6) is 0 Å². The van der Waals surface area contributed by atoms with Crippen LogP contribution in [0.15, 0.2) is 12.4 Å². The van der Waals surface area contributed by atoms with Crippen LogP contribution in [0.1, 0.15) is 17.1 Å². The second-order valence-electron chi connectivity index (χ2n) is 3.44. The number of aromatic nitrogens is 4. The van der Waals surface area contributed by atoms with Crippen LogP contribution in [0, 0.1) is 26.6 Å². The fraction of sp³-hybridized carbons (Fsp3) is 0.300. The van der Waals surface area contributed by atoms with Gasteiger partial charge in [0, 0.05) is 5.69 Å². The van der Waals surface area contributed by atoms with Gasteiger partial charge in [0.15, 0.2) is 11.6 Å². The molecule has 0 saturated carbocycles. The van der Waals surface area contributed by atoms with E-state index >= 15 is 0 Å². The predicted molar refractivity (Wildman–Crippen MR) is 53.3 cm³/mol. The van der Waals surface area contributed by atoms with E-state index in [1.54, 1.807) is 6.92 Å². The van der Waals surface area contributed by atoms with Crippen molar-refractivity contribution in [3.8, 4) is 5.82 Å². The molecule has 0 atom stereocenters. The van der Waals surface area contributed by atoms with Crippen molar-refractivity contribution in [2.24, 2.45) is 0 Å². The second-order valence-corrected chi connectivity index (χ2v) is 3.44. The van der Waals surface area contributed by atoms with Crippen LogP contribution in [-0.2, 0) is 0 Å². The van der Waals surface area contributed by atoms with Crippen molar-refractivity contribution in [2.45, 2.75) is 20.8 Å². The Balaban J connectivity index is 2.64. The summed E-state index contributed by atoms with van der Waals surface area (Å²) in [4.78, 5) is 7.67. The molecule has 5 heteroatoms. The fourth-order valence-corrected chi connectivity index (χ4v) is 1.44. The van der Waals surface area contributed by atoms with Gasteiger partial charge in [0.1, 0.15) is 6.33 Å². The third-order valence-electron chi connectivity index (χ3n) is 2.16. The molecule has 2 aromatic rings. The average molecular weight is 206 g/mol. The molecule has 0 spiro atoms. The standard InChI is InChI=1S/C10H11FN4/c1-6-4-7(2)15(14-6)10-9(11)8(3)12-5-13-10/h4-5H,1-3H3. The first-order valence-corrected chi connectivity index (χ1v) is 4.60. The van der Waals surface area contributed by atoms with Crippen LogP contribution < -0.4 is 0 Å². The Kier molecular flexibility index (Phi) is 2.22. The molecule has 4 nitrogen and oxygen atoms in total. The highest BCUT2D eigenvalue weighted by Gasteiger charge is 2.12. The number of aryl methyl sites for hydroxylation is 3. The van der Waals surface area contributed by atoms with Gasteiger partial charge in [-0.2, -0.15) is 5.10 Å². The first-order valence-electron chi connectivity index (χ1n) is 4.60. The number of rotatable bonds is 1. The van der Waals surface area contributed by atoms with E-state index in [0.29, 0.717) is 5.69 Å². The Bertz CT molecular complexity index is 504. The average Bonchev–Trinajstić information content (AvgIpc) is 2.50. The molecule has 0 bridgehead atoms. The van der Waals surface area contributed by atoms with E-state index in [1.807, 2.05) is 19.9 Å².